The highest BCUT2D eigenvalue weighted by Crippen LogP contribution is 2.26. The molecule has 0 aromatic heterocycles. The average Bonchev–Trinajstić information content (AvgIpc) is 2.74. The van der Waals surface area contributed by atoms with Crippen molar-refractivity contribution >= 4 is 29.1 Å². The van der Waals surface area contributed by atoms with Gasteiger partial charge in [-0.05, 0) is 49.6 Å². The number of nitrogens with zero attached hydrogens (tertiary/aromatic N) is 1. The number of aryl methyl sites for hydroxylation is 1. The van der Waals surface area contributed by atoms with Crippen LogP contribution in [0.15, 0.2) is 48.5 Å². The Labute approximate surface area is 176 Å². The minimum Gasteiger partial charge on any atom is -0.484 e. The van der Waals surface area contributed by atoms with Crippen molar-refractivity contribution in [3.63, 3.8) is 0 Å². The van der Waals surface area contributed by atoms with Crippen LogP contribution in [0.2, 0.25) is 0 Å². The minimum atomic E-state index is -0.195. The molecule has 7 heteroatoms. The van der Waals surface area contributed by atoms with Crippen LogP contribution in [-0.2, 0) is 14.4 Å². The molecule has 7 nitrogen and oxygen atoms in total. The van der Waals surface area contributed by atoms with Crippen LogP contribution >= 0.6 is 0 Å². The lowest BCUT2D eigenvalue weighted by atomic mass is 9.95. The van der Waals surface area contributed by atoms with E-state index < -0.39 is 0 Å². The first kappa shape index (κ1) is 21.4. The molecule has 1 heterocycles. The Morgan fingerprint density at radius 3 is 2.37 bits per heavy atom. The molecular formula is C23H27N3O4. The van der Waals surface area contributed by atoms with E-state index in [1.807, 2.05) is 49.4 Å². The summed E-state index contributed by atoms with van der Waals surface area (Å²) in [5.74, 6) is 0.103. The molecule has 1 aliphatic rings. The summed E-state index contributed by atoms with van der Waals surface area (Å²) in [4.78, 5) is 38.3. The molecule has 0 bridgehead atoms. The molecule has 3 amide bonds. The molecule has 2 aromatic carbocycles. The van der Waals surface area contributed by atoms with E-state index in [2.05, 4.69) is 10.6 Å². The number of hydrogen-bond donors (Lipinski definition) is 2. The van der Waals surface area contributed by atoms with Crippen molar-refractivity contribution in [1.82, 2.24) is 4.90 Å². The van der Waals surface area contributed by atoms with E-state index in [0.29, 0.717) is 43.1 Å². The fraction of sp³-hybridized carbons (Fsp3) is 0.348. The zero-order chi connectivity index (χ0) is 21.5. The van der Waals surface area contributed by atoms with Crippen LogP contribution in [0.4, 0.5) is 11.4 Å². The number of carbonyl (C=O) groups is 3. The number of hydrogen-bond acceptors (Lipinski definition) is 4. The van der Waals surface area contributed by atoms with Crippen LogP contribution in [-0.4, -0.2) is 42.3 Å². The van der Waals surface area contributed by atoms with E-state index in [1.54, 1.807) is 11.0 Å². The van der Waals surface area contributed by atoms with Gasteiger partial charge in [0.05, 0.1) is 11.4 Å². The van der Waals surface area contributed by atoms with Gasteiger partial charge in [-0.15, -0.1) is 0 Å². The van der Waals surface area contributed by atoms with Crippen LogP contribution in [0.1, 0.15) is 25.3 Å². The molecule has 1 aliphatic heterocycles. The van der Waals surface area contributed by atoms with Gasteiger partial charge in [-0.3, -0.25) is 14.4 Å². The third-order valence-electron chi connectivity index (χ3n) is 5.07. The summed E-state index contributed by atoms with van der Waals surface area (Å²) >= 11 is 0. The summed E-state index contributed by atoms with van der Waals surface area (Å²) in [6, 6.07) is 14.7. The SMILES string of the molecule is CC(=O)Nc1ccc(C)cc1NC(=O)C1CCN(C(=O)COc2ccccc2)CC1. The van der Waals surface area contributed by atoms with Crippen LogP contribution in [0.25, 0.3) is 0 Å². The van der Waals surface area contributed by atoms with Gasteiger partial charge in [-0.25, -0.2) is 0 Å². The van der Waals surface area contributed by atoms with Gasteiger partial charge in [0.2, 0.25) is 11.8 Å². The van der Waals surface area contributed by atoms with E-state index in [0.717, 1.165) is 5.56 Å². The molecule has 1 fully saturated rings. The van der Waals surface area contributed by atoms with E-state index >= 15 is 0 Å². The van der Waals surface area contributed by atoms with Crippen molar-refractivity contribution in [1.29, 1.82) is 0 Å². The Balaban J connectivity index is 1.51. The Morgan fingerprint density at radius 2 is 1.70 bits per heavy atom. The van der Waals surface area contributed by atoms with Crippen molar-refractivity contribution in [3.8, 4) is 5.75 Å². The Kier molecular flexibility index (Phi) is 7.06. The number of piperidine rings is 1. The van der Waals surface area contributed by atoms with E-state index in [-0.39, 0.29) is 30.2 Å². The maximum Gasteiger partial charge on any atom is 0.260 e. The summed E-state index contributed by atoms with van der Waals surface area (Å²) in [5, 5.41) is 5.67. The number of amides is 3. The Bertz CT molecular complexity index is 906. The number of anilines is 2. The number of ether oxygens (including phenoxy) is 1. The topological polar surface area (TPSA) is 87.7 Å². The fourth-order valence-corrected chi connectivity index (χ4v) is 3.44. The quantitative estimate of drug-likeness (QED) is 0.767. The Morgan fingerprint density at radius 1 is 1.00 bits per heavy atom. The van der Waals surface area contributed by atoms with Gasteiger partial charge in [-0.2, -0.15) is 0 Å². The van der Waals surface area contributed by atoms with Crippen LogP contribution in [0.3, 0.4) is 0 Å². The third kappa shape index (κ3) is 5.83. The molecule has 2 aromatic rings. The lowest BCUT2D eigenvalue weighted by Crippen LogP contribution is -2.43. The molecule has 0 unspecified atom stereocenters. The molecule has 0 atom stereocenters. The smallest absolute Gasteiger partial charge is 0.260 e. The van der Waals surface area contributed by atoms with Gasteiger partial charge >= 0.3 is 0 Å². The average molecular weight is 409 g/mol. The van der Waals surface area contributed by atoms with Gasteiger partial charge in [0.25, 0.3) is 5.91 Å². The number of rotatable bonds is 6. The predicted octanol–water partition coefficient (Wildman–Crippen LogP) is 3.21. The van der Waals surface area contributed by atoms with Gasteiger partial charge in [-0.1, -0.05) is 24.3 Å². The third-order valence-corrected chi connectivity index (χ3v) is 5.07. The van der Waals surface area contributed by atoms with Crippen LogP contribution < -0.4 is 15.4 Å². The first-order valence-electron chi connectivity index (χ1n) is 10.1. The molecule has 30 heavy (non-hydrogen) atoms. The normalized spacial score (nSPS) is 14.1. The van der Waals surface area contributed by atoms with Gasteiger partial charge in [0.1, 0.15) is 5.75 Å². The number of nitrogens with one attached hydrogen (secondary N) is 2. The highest BCUT2D eigenvalue weighted by Gasteiger charge is 2.28. The second-order valence-electron chi connectivity index (χ2n) is 7.48. The van der Waals surface area contributed by atoms with Crippen LogP contribution in [0, 0.1) is 12.8 Å². The summed E-state index contributed by atoms with van der Waals surface area (Å²) in [5.41, 5.74) is 2.15. The van der Waals surface area contributed by atoms with Crippen molar-refractivity contribution in [2.24, 2.45) is 5.92 Å². The maximum atomic E-state index is 12.8. The molecule has 0 aliphatic carbocycles. The highest BCUT2D eigenvalue weighted by atomic mass is 16.5. The van der Waals surface area contributed by atoms with E-state index in [9.17, 15) is 14.4 Å². The van der Waals surface area contributed by atoms with E-state index in [1.165, 1.54) is 6.92 Å². The molecule has 1 saturated heterocycles. The first-order chi connectivity index (χ1) is 14.4. The number of para-hydroxylation sites is 1. The fourth-order valence-electron chi connectivity index (χ4n) is 3.44. The summed E-state index contributed by atoms with van der Waals surface area (Å²) in [6.45, 7) is 4.38. The summed E-state index contributed by atoms with van der Waals surface area (Å²) in [7, 11) is 0. The van der Waals surface area contributed by atoms with Gasteiger partial charge < -0.3 is 20.3 Å². The van der Waals surface area contributed by atoms with Gasteiger partial charge in [0.15, 0.2) is 6.61 Å². The molecule has 158 valence electrons. The first-order valence-corrected chi connectivity index (χ1v) is 10.1. The lowest BCUT2D eigenvalue weighted by molar-refractivity contribution is -0.136. The largest absolute Gasteiger partial charge is 0.484 e. The maximum absolute atomic E-state index is 12.8. The van der Waals surface area contributed by atoms with Crippen molar-refractivity contribution < 1.29 is 19.1 Å². The number of carbonyl (C=O) groups excluding carboxylic acids is 3. The zero-order valence-corrected chi connectivity index (χ0v) is 17.3. The van der Waals surface area contributed by atoms with Crippen molar-refractivity contribution in [2.75, 3.05) is 30.3 Å². The van der Waals surface area contributed by atoms with Crippen molar-refractivity contribution in [2.45, 2.75) is 26.7 Å². The minimum absolute atomic E-state index is 0.00968. The highest BCUT2D eigenvalue weighted by molar-refractivity contribution is 5.99. The number of likely N-dealkylation sites (tertiary alicyclic amines) is 1. The molecule has 2 N–H and O–H groups in total. The summed E-state index contributed by atoms with van der Waals surface area (Å²) < 4.78 is 5.53. The standard InChI is InChI=1S/C23H27N3O4/c1-16-8-9-20(24-17(2)27)21(14-16)25-23(29)18-10-12-26(13-11-18)22(28)15-30-19-6-4-3-5-7-19/h3-9,14,18H,10-13,15H2,1-2H3,(H,24,27)(H,25,29). The summed E-state index contributed by atoms with van der Waals surface area (Å²) in [6.07, 6.45) is 1.17. The molecule has 0 radical (unpaired) electrons. The van der Waals surface area contributed by atoms with Gasteiger partial charge in [0, 0.05) is 25.9 Å². The molecule has 3 rings (SSSR count). The van der Waals surface area contributed by atoms with Crippen molar-refractivity contribution in [3.05, 3.63) is 54.1 Å². The predicted molar refractivity (Wildman–Crippen MR) is 115 cm³/mol. The lowest BCUT2D eigenvalue weighted by Gasteiger charge is -2.31. The molecular weight excluding hydrogens is 382 g/mol. The van der Waals surface area contributed by atoms with E-state index in [4.69, 9.17) is 4.74 Å². The van der Waals surface area contributed by atoms with Crippen LogP contribution in [0.5, 0.6) is 5.75 Å². The second-order valence-corrected chi connectivity index (χ2v) is 7.48. The number of benzene rings is 2. The molecule has 0 saturated carbocycles. The molecule has 0 spiro atoms. The monoisotopic (exact) mass is 409 g/mol. The Hall–Kier alpha value is -3.35. The second kappa shape index (κ2) is 9.91. The zero-order valence-electron chi connectivity index (χ0n) is 17.3.